The molecule has 0 atom stereocenters. The van der Waals surface area contributed by atoms with Gasteiger partial charge in [0.15, 0.2) is 0 Å². The summed E-state index contributed by atoms with van der Waals surface area (Å²) in [7, 11) is 0. The molecule has 0 aromatic carbocycles. The molecule has 0 aliphatic heterocycles. The van der Waals surface area contributed by atoms with Crippen LogP contribution in [-0.4, -0.2) is 11.1 Å². The third-order valence-electron chi connectivity index (χ3n) is 5.20. The third-order valence-corrected chi connectivity index (χ3v) is 5.20. The fourth-order valence-electron chi connectivity index (χ4n) is 3.32. The Bertz CT molecular complexity index is 259. The normalized spacial score (nSPS) is 10.5. The van der Waals surface area contributed by atoms with E-state index in [4.69, 9.17) is 5.11 Å². The molecule has 0 bridgehead atoms. The van der Waals surface area contributed by atoms with Crippen LogP contribution in [0.25, 0.3) is 0 Å². The number of rotatable bonds is 20. The number of carboxylic acid groups (broad SMARTS) is 1. The van der Waals surface area contributed by atoms with Gasteiger partial charge in [0.2, 0.25) is 0 Å². The second-order valence-corrected chi connectivity index (χ2v) is 8.15. The average Bonchev–Trinajstić information content (AvgIpc) is 2.65. The largest absolute Gasteiger partial charge is 0.481 e. The first-order chi connectivity index (χ1) is 13.2. The number of hydrogen-bond acceptors (Lipinski definition) is 1. The molecule has 0 aromatic heterocycles. The molecule has 0 fully saturated rings. The molecule has 0 saturated carbocycles. The highest BCUT2D eigenvalue weighted by Crippen LogP contribution is 2.13. The number of carbonyl (C=O) groups is 1. The van der Waals surface area contributed by atoms with Gasteiger partial charge in [-0.1, -0.05) is 143 Å². The maximum atomic E-state index is 10.3. The molecule has 0 aromatic rings. The van der Waals surface area contributed by atoms with Crippen molar-refractivity contribution in [1.29, 1.82) is 0 Å². The van der Waals surface area contributed by atoms with Crippen molar-refractivity contribution in [2.45, 2.75) is 156 Å². The van der Waals surface area contributed by atoms with Crippen LogP contribution in [0.5, 0.6) is 0 Å². The summed E-state index contributed by atoms with van der Waals surface area (Å²) in [5.41, 5.74) is 0. The fraction of sp³-hybridized carbons (Fsp3) is 0.960. The second-order valence-electron chi connectivity index (χ2n) is 8.15. The lowest BCUT2D eigenvalue weighted by molar-refractivity contribution is -0.137. The lowest BCUT2D eigenvalue weighted by Gasteiger charge is -2.03. The summed E-state index contributed by atoms with van der Waals surface area (Å²) in [5.74, 6) is -0.653. The van der Waals surface area contributed by atoms with Crippen molar-refractivity contribution >= 4 is 5.97 Å². The van der Waals surface area contributed by atoms with Crippen LogP contribution in [0.1, 0.15) is 156 Å². The Morgan fingerprint density at radius 1 is 0.444 bits per heavy atom. The Kier molecular flexibility index (Phi) is 29.4. The van der Waals surface area contributed by atoms with Gasteiger partial charge in [-0.05, 0) is 6.42 Å². The van der Waals surface area contributed by atoms with Crippen LogP contribution in [0, 0.1) is 0 Å². The van der Waals surface area contributed by atoms with Gasteiger partial charge in [0.1, 0.15) is 0 Å². The highest BCUT2D eigenvalue weighted by molar-refractivity contribution is 5.66. The standard InChI is InChI=1S/C18H36O2.C7H16/c1-2-3-4-5-6-7-8-9-10-11-12-13-14-15-16-17-18(19)20;1-3-5-7-6-4-2/h2-17H2,1H3,(H,19,20);3-7H2,1-2H3. The van der Waals surface area contributed by atoms with Gasteiger partial charge in [-0.25, -0.2) is 0 Å². The topological polar surface area (TPSA) is 37.3 Å². The van der Waals surface area contributed by atoms with E-state index in [1.165, 1.54) is 116 Å². The lowest BCUT2D eigenvalue weighted by Crippen LogP contribution is -1.93. The Balaban J connectivity index is 0. The highest BCUT2D eigenvalue weighted by Gasteiger charge is 1.97. The first kappa shape index (κ1) is 28.7. The van der Waals surface area contributed by atoms with Crippen molar-refractivity contribution in [3.63, 3.8) is 0 Å². The number of hydrogen-bond donors (Lipinski definition) is 1. The van der Waals surface area contributed by atoms with Gasteiger partial charge in [0, 0.05) is 6.42 Å². The van der Waals surface area contributed by atoms with Crippen molar-refractivity contribution in [2.24, 2.45) is 0 Å². The molecule has 0 aliphatic carbocycles. The number of unbranched alkanes of at least 4 members (excludes halogenated alkanes) is 18. The van der Waals surface area contributed by atoms with Gasteiger partial charge in [-0.3, -0.25) is 4.79 Å². The van der Waals surface area contributed by atoms with Crippen molar-refractivity contribution in [3.05, 3.63) is 0 Å². The molecule has 0 radical (unpaired) electrons. The summed E-state index contributed by atoms with van der Waals surface area (Å²) in [6, 6.07) is 0. The molecule has 2 nitrogen and oxygen atoms in total. The first-order valence-corrected chi connectivity index (χ1v) is 12.4. The van der Waals surface area contributed by atoms with Gasteiger partial charge in [0.25, 0.3) is 0 Å². The minimum atomic E-state index is -0.653. The van der Waals surface area contributed by atoms with Crippen molar-refractivity contribution in [2.75, 3.05) is 0 Å². The average molecular weight is 385 g/mol. The SMILES string of the molecule is CCCCCCC.CCCCCCCCCCCCCCCCCC(=O)O. The zero-order chi connectivity index (χ0) is 20.4. The minimum Gasteiger partial charge on any atom is -0.481 e. The van der Waals surface area contributed by atoms with E-state index in [1.807, 2.05) is 0 Å². The van der Waals surface area contributed by atoms with Gasteiger partial charge < -0.3 is 5.11 Å². The summed E-state index contributed by atoms with van der Waals surface area (Å²) in [6.07, 6.45) is 27.2. The van der Waals surface area contributed by atoms with Crippen LogP contribution in [0.2, 0.25) is 0 Å². The van der Waals surface area contributed by atoms with Crippen LogP contribution in [0.15, 0.2) is 0 Å². The summed E-state index contributed by atoms with van der Waals surface area (Å²) < 4.78 is 0. The monoisotopic (exact) mass is 384 g/mol. The molecule has 0 unspecified atom stereocenters. The molecule has 27 heavy (non-hydrogen) atoms. The van der Waals surface area contributed by atoms with Gasteiger partial charge in [-0.15, -0.1) is 0 Å². The maximum Gasteiger partial charge on any atom is 0.303 e. The molecule has 0 heterocycles. The zero-order valence-corrected chi connectivity index (χ0v) is 19.2. The van der Waals surface area contributed by atoms with Gasteiger partial charge >= 0.3 is 5.97 Å². The van der Waals surface area contributed by atoms with E-state index in [0.717, 1.165) is 12.8 Å². The van der Waals surface area contributed by atoms with Crippen LogP contribution < -0.4 is 0 Å². The smallest absolute Gasteiger partial charge is 0.303 e. The first-order valence-electron chi connectivity index (χ1n) is 12.4. The molecule has 0 saturated heterocycles. The van der Waals surface area contributed by atoms with E-state index >= 15 is 0 Å². The summed E-state index contributed by atoms with van der Waals surface area (Å²) in [5, 5.41) is 8.52. The van der Waals surface area contributed by atoms with Crippen LogP contribution in [0.4, 0.5) is 0 Å². The molecule has 1 N–H and O–H groups in total. The molecular weight excluding hydrogens is 332 g/mol. The summed E-state index contributed by atoms with van der Waals surface area (Å²) in [4.78, 5) is 10.3. The van der Waals surface area contributed by atoms with Gasteiger partial charge in [-0.2, -0.15) is 0 Å². The maximum absolute atomic E-state index is 10.3. The van der Waals surface area contributed by atoms with Crippen molar-refractivity contribution in [1.82, 2.24) is 0 Å². The van der Waals surface area contributed by atoms with E-state index < -0.39 is 5.97 Å². The van der Waals surface area contributed by atoms with Crippen molar-refractivity contribution in [3.8, 4) is 0 Å². The van der Waals surface area contributed by atoms with Crippen LogP contribution in [0.3, 0.4) is 0 Å². The Hall–Kier alpha value is -0.530. The molecule has 0 amide bonds. The molecule has 2 heteroatoms. The third kappa shape index (κ3) is 33.5. The van der Waals surface area contributed by atoms with E-state index in [-0.39, 0.29) is 0 Å². The molecule has 0 spiro atoms. The van der Waals surface area contributed by atoms with E-state index in [0.29, 0.717) is 6.42 Å². The van der Waals surface area contributed by atoms with E-state index in [1.54, 1.807) is 0 Å². The molecule has 164 valence electrons. The van der Waals surface area contributed by atoms with Gasteiger partial charge in [0.05, 0.1) is 0 Å². The van der Waals surface area contributed by atoms with E-state index in [2.05, 4.69) is 20.8 Å². The predicted octanol–water partition coefficient (Wildman–Crippen LogP) is 9.31. The Labute approximate surface area is 171 Å². The lowest BCUT2D eigenvalue weighted by atomic mass is 10.0. The quantitative estimate of drug-likeness (QED) is 0.212. The predicted molar refractivity (Wildman–Crippen MR) is 122 cm³/mol. The van der Waals surface area contributed by atoms with Crippen LogP contribution >= 0.6 is 0 Å². The Morgan fingerprint density at radius 3 is 0.926 bits per heavy atom. The number of aliphatic carboxylic acids is 1. The summed E-state index contributed by atoms with van der Waals surface area (Å²) in [6.45, 7) is 6.76. The van der Waals surface area contributed by atoms with Crippen molar-refractivity contribution < 1.29 is 9.90 Å². The summed E-state index contributed by atoms with van der Waals surface area (Å²) >= 11 is 0. The molecular formula is C25H52O2. The second kappa shape index (κ2) is 27.7. The van der Waals surface area contributed by atoms with Crippen LogP contribution in [-0.2, 0) is 4.79 Å². The van der Waals surface area contributed by atoms with E-state index in [9.17, 15) is 4.79 Å². The Morgan fingerprint density at radius 2 is 0.667 bits per heavy atom. The number of carboxylic acids is 1. The molecule has 0 aliphatic rings. The zero-order valence-electron chi connectivity index (χ0n) is 19.2. The minimum absolute atomic E-state index is 0.345. The highest BCUT2D eigenvalue weighted by atomic mass is 16.4. The fourth-order valence-corrected chi connectivity index (χ4v) is 3.32. The molecule has 0 rings (SSSR count).